The van der Waals surface area contributed by atoms with Crippen molar-refractivity contribution in [2.75, 3.05) is 0 Å². The monoisotopic (exact) mass is 341 g/mol. The van der Waals surface area contributed by atoms with E-state index in [0.717, 1.165) is 5.56 Å². The standard InChI is InChI=1S/C18H19N3O4/c19-18(23)16(12-14-6-9-15(10-7-14)21(24)25)20-17(22)11-8-13-4-2-1-3-5-13/h1-7,9-10,16H,8,11-12H2,(H2,19,23)(H,20,22)/t16-/m0/s1. The molecule has 0 heterocycles. The van der Waals surface area contributed by atoms with Crippen LogP contribution in [0, 0.1) is 10.1 Å². The number of nitro groups is 1. The smallest absolute Gasteiger partial charge is 0.269 e. The normalized spacial score (nSPS) is 11.5. The Morgan fingerprint density at radius 1 is 1.04 bits per heavy atom. The van der Waals surface area contributed by atoms with E-state index in [1.165, 1.54) is 12.1 Å². The van der Waals surface area contributed by atoms with Crippen LogP contribution in [0.25, 0.3) is 0 Å². The lowest BCUT2D eigenvalue weighted by Gasteiger charge is -2.15. The van der Waals surface area contributed by atoms with Gasteiger partial charge in [0.05, 0.1) is 4.92 Å². The Labute approximate surface area is 145 Å². The van der Waals surface area contributed by atoms with Gasteiger partial charge in [-0.2, -0.15) is 0 Å². The topological polar surface area (TPSA) is 115 Å². The summed E-state index contributed by atoms with van der Waals surface area (Å²) in [6.07, 6.45) is 0.994. The van der Waals surface area contributed by atoms with Crippen molar-refractivity contribution in [1.29, 1.82) is 0 Å². The van der Waals surface area contributed by atoms with Gasteiger partial charge in [-0.3, -0.25) is 19.7 Å². The fraction of sp³-hybridized carbons (Fsp3) is 0.222. The molecule has 2 amide bonds. The fourth-order valence-electron chi connectivity index (χ4n) is 2.38. The van der Waals surface area contributed by atoms with Crippen LogP contribution in [-0.2, 0) is 22.4 Å². The number of non-ortho nitro benzene ring substituents is 1. The number of nitrogens with zero attached hydrogens (tertiary/aromatic N) is 1. The second kappa shape index (κ2) is 8.58. The first-order valence-electron chi connectivity index (χ1n) is 7.81. The summed E-state index contributed by atoms with van der Waals surface area (Å²) in [6, 6.07) is 14.5. The lowest BCUT2D eigenvalue weighted by Crippen LogP contribution is -2.45. The lowest BCUT2D eigenvalue weighted by atomic mass is 10.0. The second-order valence-electron chi connectivity index (χ2n) is 5.64. The molecule has 2 aromatic carbocycles. The number of aryl methyl sites for hydroxylation is 1. The van der Waals surface area contributed by atoms with Crippen molar-refractivity contribution in [2.24, 2.45) is 5.73 Å². The van der Waals surface area contributed by atoms with E-state index in [0.29, 0.717) is 12.0 Å². The number of carbonyl (C=O) groups excluding carboxylic acids is 2. The number of hydrogen-bond acceptors (Lipinski definition) is 4. The first kappa shape index (κ1) is 18.1. The molecule has 0 saturated heterocycles. The summed E-state index contributed by atoms with van der Waals surface area (Å²) < 4.78 is 0. The number of nitrogens with two attached hydrogens (primary N) is 1. The molecule has 3 N–H and O–H groups in total. The number of carbonyl (C=O) groups is 2. The van der Waals surface area contributed by atoms with Crippen LogP contribution in [0.4, 0.5) is 5.69 Å². The van der Waals surface area contributed by atoms with E-state index < -0.39 is 16.9 Å². The van der Waals surface area contributed by atoms with Crippen LogP contribution in [0.15, 0.2) is 54.6 Å². The molecule has 130 valence electrons. The molecule has 0 saturated carbocycles. The highest BCUT2D eigenvalue weighted by atomic mass is 16.6. The second-order valence-corrected chi connectivity index (χ2v) is 5.64. The van der Waals surface area contributed by atoms with Crippen LogP contribution < -0.4 is 11.1 Å². The SMILES string of the molecule is NC(=O)[C@H](Cc1ccc([N+](=O)[O-])cc1)NC(=O)CCc1ccccc1. The molecule has 0 aliphatic rings. The van der Waals surface area contributed by atoms with Gasteiger partial charge in [0.15, 0.2) is 0 Å². The maximum absolute atomic E-state index is 12.1. The summed E-state index contributed by atoms with van der Waals surface area (Å²) in [6.45, 7) is 0. The summed E-state index contributed by atoms with van der Waals surface area (Å²) in [5.74, 6) is -0.916. The minimum atomic E-state index is -0.857. The largest absolute Gasteiger partial charge is 0.368 e. The summed E-state index contributed by atoms with van der Waals surface area (Å²) in [4.78, 5) is 33.8. The van der Waals surface area contributed by atoms with Crippen LogP contribution in [0.5, 0.6) is 0 Å². The molecular weight excluding hydrogens is 322 g/mol. The van der Waals surface area contributed by atoms with Crippen LogP contribution in [0.1, 0.15) is 17.5 Å². The van der Waals surface area contributed by atoms with Crippen molar-refractivity contribution >= 4 is 17.5 Å². The van der Waals surface area contributed by atoms with Gasteiger partial charge in [-0.1, -0.05) is 42.5 Å². The van der Waals surface area contributed by atoms with Crippen LogP contribution in [0.2, 0.25) is 0 Å². The minimum absolute atomic E-state index is 0.0359. The van der Waals surface area contributed by atoms with E-state index in [-0.39, 0.29) is 24.4 Å². The van der Waals surface area contributed by atoms with E-state index in [2.05, 4.69) is 5.32 Å². The molecule has 0 spiro atoms. The zero-order valence-corrected chi connectivity index (χ0v) is 13.6. The number of nitro benzene ring substituents is 1. The van der Waals surface area contributed by atoms with Crippen molar-refractivity contribution in [2.45, 2.75) is 25.3 Å². The van der Waals surface area contributed by atoms with Crippen molar-refractivity contribution < 1.29 is 14.5 Å². The summed E-state index contributed by atoms with van der Waals surface area (Å²) >= 11 is 0. The Balaban J connectivity index is 1.92. The molecule has 2 rings (SSSR count). The molecule has 7 nitrogen and oxygen atoms in total. The van der Waals surface area contributed by atoms with Crippen molar-refractivity contribution in [1.82, 2.24) is 5.32 Å². The lowest BCUT2D eigenvalue weighted by molar-refractivity contribution is -0.384. The maximum atomic E-state index is 12.1. The predicted molar refractivity (Wildman–Crippen MR) is 92.7 cm³/mol. The molecule has 1 atom stereocenters. The van der Waals surface area contributed by atoms with Gasteiger partial charge in [0.2, 0.25) is 11.8 Å². The van der Waals surface area contributed by atoms with Gasteiger partial charge in [-0.05, 0) is 17.5 Å². The zero-order valence-electron chi connectivity index (χ0n) is 13.6. The molecule has 0 aromatic heterocycles. The number of primary amides is 1. The molecule has 0 aliphatic carbocycles. The van der Waals surface area contributed by atoms with Gasteiger partial charge >= 0.3 is 0 Å². The molecular formula is C18H19N3O4. The van der Waals surface area contributed by atoms with Gasteiger partial charge in [0.1, 0.15) is 6.04 Å². The van der Waals surface area contributed by atoms with Gasteiger partial charge in [0, 0.05) is 25.0 Å². The maximum Gasteiger partial charge on any atom is 0.269 e. The number of rotatable bonds is 8. The number of amides is 2. The molecule has 2 aromatic rings. The highest BCUT2D eigenvalue weighted by molar-refractivity contribution is 5.86. The van der Waals surface area contributed by atoms with Crippen LogP contribution in [0.3, 0.4) is 0 Å². The third kappa shape index (κ3) is 5.72. The quantitative estimate of drug-likeness (QED) is 0.562. The van der Waals surface area contributed by atoms with Crippen molar-refractivity contribution in [3.63, 3.8) is 0 Å². The van der Waals surface area contributed by atoms with Crippen molar-refractivity contribution in [3.8, 4) is 0 Å². The Morgan fingerprint density at radius 2 is 1.68 bits per heavy atom. The molecule has 25 heavy (non-hydrogen) atoms. The molecule has 0 radical (unpaired) electrons. The van der Waals surface area contributed by atoms with Crippen molar-refractivity contribution in [3.05, 3.63) is 75.8 Å². The third-order valence-electron chi connectivity index (χ3n) is 3.75. The first-order chi connectivity index (χ1) is 12.0. The first-order valence-corrected chi connectivity index (χ1v) is 7.81. The van der Waals surface area contributed by atoms with E-state index >= 15 is 0 Å². The third-order valence-corrected chi connectivity index (χ3v) is 3.75. The highest BCUT2D eigenvalue weighted by Crippen LogP contribution is 2.13. The van der Waals surface area contributed by atoms with E-state index in [1.807, 2.05) is 30.3 Å². The number of benzene rings is 2. The Bertz CT molecular complexity index is 745. The Hall–Kier alpha value is -3.22. The van der Waals surface area contributed by atoms with Crippen LogP contribution in [-0.4, -0.2) is 22.8 Å². The Kier molecular flexibility index (Phi) is 6.22. The number of hydrogen-bond donors (Lipinski definition) is 2. The fourth-order valence-corrected chi connectivity index (χ4v) is 2.38. The molecule has 7 heteroatoms. The van der Waals surface area contributed by atoms with Gasteiger partial charge in [0.25, 0.3) is 5.69 Å². The summed E-state index contributed by atoms with van der Waals surface area (Å²) in [5, 5.41) is 13.3. The summed E-state index contributed by atoms with van der Waals surface area (Å²) in [7, 11) is 0. The molecule has 0 bridgehead atoms. The van der Waals surface area contributed by atoms with Crippen LogP contribution >= 0.6 is 0 Å². The predicted octanol–water partition coefficient (Wildman–Crippen LogP) is 1.74. The number of nitrogens with one attached hydrogen (secondary N) is 1. The van der Waals surface area contributed by atoms with E-state index in [9.17, 15) is 19.7 Å². The van der Waals surface area contributed by atoms with E-state index in [1.54, 1.807) is 12.1 Å². The highest BCUT2D eigenvalue weighted by Gasteiger charge is 2.19. The zero-order chi connectivity index (χ0) is 18.2. The Morgan fingerprint density at radius 3 is 2.24 bits per heavy atom. The average molecular weight is 341 g/mol. The van der Waals surface area contributed by atoms with Gasteiger partial charge < -0.3 is 11.1 Å². The minimum Gasteiger partial charge on any atom is -0.368 e. The molecule has 0 unspecified atom stereocenters. The van der Waals surface area contributed by atoms with Gasteiger partial charge in [-0.25, -0.2) is 0 Å². The average Bonchev–Trinajstić information content (AvgIpc) is 2.60. The summed E-state index contributed by atoms with van der Waals surface area (Å²) in [5.41, 5.74) is 7.03. The molecule has 0 fully saturated rings. The molecule has 0 aliphatic heterocycles. The van der Waals surface area contributed by atoms with Gasteiger partial charge in [-0.15, -0.1) is 0 Å². The van der Waals surface area contributed by atoms with E-state index in [4.69, 9.17) is 5.73 Å².